The summed E-state index contributed by atoms with van der Waals surface area (Å²) < 4.78 is 13.3. The summed E-state index contributed by atoms with van der Waals surface area (Å²) >= 11 is 3.03. The summed E-state index contributed by atoms with van der Waals surface area (Å²) in [6.45, 7) is 0. The molecule has 0 fully saturated rings. The maximum Gasteiger partial charge on any atom is 0.275 e. The summed E-state index contributed by atoms with van der Waals surface area (Å²) in [4.78, 5) is 19.3. The fraction of sp³-hybridized carbons (Fsp3) is 0. The second-order valence-electron chi connectivity index (χ2n) is 3.41. The summed E-state index contributed by atoms with van der Waals surface area (Å²) in [6, 6.07) is 4.15. The second kappa shape index (κ2) is 5.09. The molecule has 5 nitrogen and oxygen atoms in total. The van der Waals surface area contributed by atoms with E-state index in [0.717, 1.165) is 0 Å². The van der Waals surface area contributed by atoms with Gasteiger partial charge in [-0.1, -0.05) is 0 Å². The Morgan fingerprint density at radius 1 is 1.33 bits per heavy atom. The minimum absolute atomic E-state index is 0.129. The van der Waals surface area contributed by atoms with Crippen LogP contribution in [0.4, 0.5) is 15.9 Å². The summed E-state index contributed by atoms with van der Waals surface area (Å²) in [6.07, 6.45) is 2.55. The molecule has 92 valence electrons. The Labute approximate surface area is 110 Å². The van der Waals surface area contributed by atoms with Gasteiger partial charge in [-0.15, -0.1) is 0 Å². The highest BCUT2D eigenvalue weighted by atomic mass is 79.9. The zero-order chi connectivity index (χ0) is 13.1. The number of carbonyl (C=O) groups is 1. The SMILES string of the molecule is Nc1cnc(C(=O)Nc2ccc(F)c(Br)c2)cn1. The molecule has 0 atom stereocenters. The highest BCUT2D eigenvalue weighted by Gasteiger charge is 2.09. The summed E-state index contributed by atoms with van der Waals surface area (Å²) in [7, 11) is 0. The molecule has 1 aromatic heterocycles. The number of hydrogen-bond donors (Lipinski definition) is 2. The third-order valence-corrected chi connectivity index (χ3v) is 2.69. The minimum atomic E-state index is -0.444. The van der Waals surface area contributed by atoms with Crippen LogP contribution in [0, 0.1) is 5.82 Å². The van der Waals surface area contributed by atoms with E-state index >= 15 is 0 Å². The number of carbonyl (C=O) groups excluding carboxylic acids is 1. The maximum atomic E-state index is 13.0. The number of anilines is 2. The van der Waals surface area contributed by atoms with E-state index in [4.69, 9.17) is 5.73 Å². The van der Waals surface area contributed by atoms with Crippen LogP contribution in [0.15, 0.2) is 35.1 Å². The van der Waals surface area contributed by atoms with Gasteiger partial charge < -0.3 is 11.1 Å². The van der Waals surface area contributed by atoms with Crippen molar-refractivity contribution in [2.45, 2.75) is 0 Å². The van der Waals surface area contributed by atoms with Crippen molar-refractivity contribution in [1.82, 2.24) is 9.97 Å². The lowest BCUT2D eigenvalue weighted by molar-refractivity contribution is 0.102. The number of nitrogens with two attached hydrogens (primary N) is 1. The van der Waals surface area contributed by atoms with Gasteiger partial charge in [-0.05, 0) is 34.1 Å². The highest BCUT2D eigenvalue weighted by Crippen LogP contribution is 2.20. The molecule has 0 saturated heterocycles. The number of nitrogens with zero attached hydrogens (tertiary/aromatic N) is 2. The Kier molecular flexibility index (Phi) is 3.52. The van der Waals surface area contributed by atoms with Crippen LogP contribution >= 0.6 is 15.9 Å². The lowest BCUT2D eigenvalue weighted by Gasteiger charge is -2.05. The molecule has 18 heavy (non-hydrogen) atoms. The van der Waals surface area contributed by atoms with Crippen LogP contribution < -0.4 is 11.1 Å². The average molecular weight is 311 g/mol. The Bertz CT molecular complexity index is 588. The molecule has 0 unspecified atom stereocenters. The predicted octanol–water partition coefficient (Wildman–Crippen LogP) is 2.21. The van der Waals surface area contributed by atoms with Crippen LogP contribution in [0.1, 0.15) is 10.5 Å². The molecule has 0 bridgehead atoms. The molecular formula is C11H8BrFN4O. The minimum Gasteiger partial charge on any atom is -0.382 e. The van der Waals surface area contributed by atoms with Crippen LogP contribution in [0.5, 0.6) is 0 Å². The fourth-order valence-corrected chi connectivity index (χ4v) is 1.60. The molecule has 1 aromatic carbocycles. The number of nitrogens with one attached hydrogen (secondary N) is 1. The van der Waals surface area contributed by atoms with Gasteiger partial charge in [0.15, 0.2) is 0 Å². The van der Waals surface area contributed by atoms with Gasteiger partial charge in [0.2, 0.25) is 0 Å². The number of aromatic nitrogens is 2. The summed E-state index contributed by atoms with van der Waals surface area (Å²) in [5.74, 6) is -0.614. The highest BCUT2D eigenvalue weighted by molar-refractivity contribution is 9.10. The predicted molar refractivity (Wildman–Crippen MR) is 68.5 cm³/mol. The number of amides is 1. The largest absolute Gasteiger partial charge is 0.382 e. The van der Waals surface area contributed by atoms with Gasteiger partial charge in [0.1, 0.15) is 17.3 Å². The van der Waals surface area contributed by atoms with Crippen LogP contribution in [0.3, 0.4) is 0 Å². The first kappa shape index (κ1) is 12.4. The standard InChI is InChI=1S/C11H8BrFN4O/c12-7-3-6(1-2-8(7)13)17-11(18)9-4-16-10(14)5-15-9/h1-5H,(H2,14,16)(H,17,18). The molecule has 0 aliphatic carbocycles. The Morgan fingerprint density at radius 3 is 2.72 bits per heavy atom. The molecule has 0 aliphatic heterocycles. The number of rotatable bonds is 2. The third-order valence-electron chi connectivity index (χ3n) is 2.08. The number of halogens is 2. The Balaban J connectivity index is 2.16. The molecule has 0 radical (unpaired) electrons. The van der Waals surface area contributed by atoms with Crippen LogP contribution in [0.2, 0.25) is 0 Å². The molecule has 0 spiro atoms. The fourth-order valence-electron chi connectivity index (χ4n) is 1.22. The number of benzene rings is 1. The maximum absolute atomic E-state index is 13.0. The molecule has 2 rings (SSSR count). The lowest BCUT2D eigenvalue weighted by Crippen LogP contribution is -2.14. The van der Waals surface area contributed by atoms with E-state index in [9.17, 15) is 9.18 Å². The van der Waals surface area contributed by atoms with Crippen molar-refractivity contribution in [3.63, 3.8) is 0 Å². The van der Waals surface area contributed by atoms with Crippen molar-refractivity contribution in [1.29, 1.82) is 0 Å². The van der Waals surface area contributed by atoms with Crippen molar-refractivity contribution in [3.05, 3.63) is 46.6 Å². The first-order chi connectivity index (χ1) is 8.56. The summed E-state index contributed by atoms with van der Waals surface area (Å²) in [5, 5.41) is 2.57. The molecule has 1 heterocycles. The van der Waals surface area contributed by atoms with Crippen molar-refractivity contribution in [2.75, 3.05) is 11.1 Å². The molecule has 0 saturated carbocycles. The first-order valence-corrected chi connectivity index (χ1v) is 5.69. The van der Waals surface area contributed by atoms with Gasteiger partial charge in [0.05, 0.1) is 16.9 Å². The summed E-state index contributed by atoms with van der Waals surface area (Å²) in [5.41, 5.74) is 5.94. The molecule has 7 heteroatoms. The van der Waals surface area contributed by atoms with Crippen molar-refractivity contribution < 1.29 is 9.18 Å². The Morgan fingerprint density at radius 2 is 2.11 bits per heavy atom. The van der Waals surface area contributed by atoms with Crippen LogP contribution in [0.25, 0.3) is 0 Å². The third kappa shape index (κ3) is 2.80. The zero-order valence-electron chi connectivity index (χ0n) is 9.02. The second-order valence-corrected chi connectivity index (χ2v) is 4.26. The zero-order valence-corrected chi connectivity index (χ0v) is 10.6. The Hall–Kier alpha value is -2.02. The van der Waals surface area contributed by atoms with E-state index in [2.05, 4.69) is 31.2 Å². The monoisotopic (exact) mass is 310 g/mol. The smallest absolute Gasteiger partial charge is 0.275 e. The van der Waals surface area contributed by atoms with E-state index in [1.165, 1.54) is 30.6 Å². The normalized spacial score (nSPS) is 10.1. The molecule has 0 aliphatic rings. The van der Waals surface area contributed by atoms with Gasteiger partial charge in [-0.25, -0.2) is 14.4 Å². The van der Waals surface area contributed by atoms with Crippen molar-refractivity contribution in [2.24, 2.45) is 0 Å². The van der Waals surface area contributed by atoms with Gasteiger partial charge in [0.25, 0.3) is 5.91 Å². The van der Waals surface area contributed by atoms with Gasteiger partial charge in [0, 0.05) is 5.69 Å². The van der Waals surface area contributed by atoms with E-state index in [1.54, 1.807) is 0 Å². The van der Waals surface area contributed by atoms with Crippen molar-refractivity contribution >= 4 is 33.3 Å². The van der Waals surface area contributed by atoms with E-state index < -0.39 is 11.7 Å². The van der Waals surface area contributed by atoms with E-state index in [0.29, 0.717) is 5.69 Å². The van der Waals surface area contributed by atoms with Gasteiger partial charge >= 0.3 is 0 Å². The molecular weight excluding hydrogens is 303 g/mol. The van der Waals surface area contributed by atoms with E-state index in [1.807, 2.05) is 0 Å². The van der Waals surface area contributed by atoms with Crippen LogP contribution in [-0.4, -0.2) is 15.9 Å². The topological polar surface area (TPSA) is 80.9 Å². The first-order valence-electron chi connectivity index (χ1n) is 4.90. The molecule has 1 amide bonds. The lowest BCUT2D eigenvalue weighted by atomic mass is 10.3. The number of nitrogen functional groups attached to an aromatic ring is 1. The van der Waals surface area contributed by atoms with Gasteiger partial charge in [-0.3, -0.25) is 4.79 Å². The average Bonchev–Trinajstić information content (AvgIpc) is 2.34. The van der Waals surface area contributed by atoms with Crippen LogP contribution in [-0.2, 0) is 0 Å². The van der Waals surface area contributed by atoms with Gasteiger partial charge in [-0.2, -0.15) is 0 Å². The molecule has 2 aromatic rings. The molecule has 3 N–H and O–H groups in total. The van der Waals surface area contributed by atoms with E-state index in [-0.39, 0.29) is 16.0 Å². The number of hydrogen-bond acceptors (Lipinski definition) is 4. The van der Waals surface area contributed by atoms with Crippen molar-refractivity contribution in [3.8, 4) is 0 Å². The quantitative estimate of drug-likeness (QED) is 0.891.